The molecule has 218 valence electrons. The van der Waals surface area contributed by atoms with Crippen molar-refractivity contribution >= 4 is 17.5 Å². The van der Waals surface area contributed by atoms with Crippen molar-refractivity contribution in [2.75, 3.05) is 46.3 Å². The molecule has 0 fully saturated rings. The van der Waals surface area contributed by atoms with Crippen molar-refractivity contribution in [1.82, 2.24) is 10.6 Å². The summed E-state index contributed by atoms with van der Waals surface area (Å²) < 4.78 is 16.1. The molecule has 0 radical (unpaired) electrons. The zero-order valence-corrected chi connectivity index (χ0v) is 24.4. The fourth-order valence-corrected chi connectivity index (χ4v) is 4.60. The minimum Gasteiger partial charge on any atom is -0.497 e. The molecule has 2 amide bonds. The molecule has 8 heteroatoms. The Bertz CT molecular complexity index is 1490. The SMILES string of the molecule is COc1ccc(NCCNC(=O)C(CNC(=O)c2cccc(C)c2)c2ccc(-c3cc(OC)ccc3OC)cc2)cc1. The van der Waals surface area contributed by atoms with E-state index in [1.807, 2.05) is 91.9 Å². The van der Waals surface area contributed by atoms with E-state index in [0.29, 0.717) is 30.2 Å². The largest absolute Gasteiger partial charge is 0.497 e. The van der Waals surface area contributed by atoms with E-state index in [2.05, 4.69) is 16.0 Å². The van der Waals surface area contributed by atoms with Gasteiger partial charge in [0.15, 0.2) is 0 Å². The minimum absolute atomic E-state index is 0.145. The van der Waals surface area contributed by atoms with Crippen molar-refractivity contribution in [1.29, 1.82) is 0 Å². The molecule has 0 spiro atoms. The highest BCUT2D eigenvalue weighted by molar-refractivity contribution is 5.95. The van der Waals surface area contributed by atoms with Crippen LogP contribution < -0.4 is 30.2 Å². The molecule has 8 nitrogen and oxygen atoms in total. The summed E-state index contributed by atoms with van der Waals surface area (Å²) in [4.78, 5) is 26.3. The fourth-order valence-electron chi connectivity index (χ4n) is 4.60. The van der Waals surface area contributed by atoms with Gasteiger partial charge in [-0.15, -0.1) is 0 Å². The lowest BCUT2D eigenvalue weighted by Gasteiger charge is -2.19. The lowest BCUT2D eigenvalue weighted by molar-refractivity contribution is -0.122. The zero-order chi connectivity index (χ0) is 29.9. The van der Waals surface area contributed by atoms with E-state index in [1.165, 1.54) is 0 Å². The van der Waals surface area contributed by atoms with E-state index in [0.717, 1.165) is 33.7 Å². The zero-order valence-electron chi connectivity index (χ0n) is 24.4. The molecular formula is C34H37N3O5. The topological polar surface area (TPSA) is 97.9 Å². The van der Waals surface area contributed by atoms with Gasteiger partial charge in [-0.25, -0.2) is 0 Å². The quantitative estimate of drug-likeness (QED) is 0.187. The van der Waals surface area contributed by atoms with Crippen LogP contribution in [0.4, 0.5) is 5.69 Å². The molecule has 0 aromatic heterocycles. The van der Waals surface area contributed by atoms with Crippen LogP contribution in [0, 0.1) is 6.92 Å². The number of rotatable bonds is 13. The molecule has 0 saturated carbocycles. The van der Waals surface area contributed by atoms with Crippen molar-refractivity contribution in [2.24, 2.45) is 0 Å². The maximum absolute atomic E-state index is 13.4. The van der Waals surface area contributed by atoms with Crippen molar-refractivity contribution in [3.8, 4) is 28.4 Å². The summed E-state index contributed by atoms with van der Waals surface area (Å²) in [5, 5.41) is 9.25. The third-order valence-corrected chi connectivity index (χ3v) is 6.94. The Kier molecular flexibility index (Phi) is 10.4. The number of methoxy groups -OCH3 is 3. The lowest BCUT2D eigenvalue weighted by atomic mass is 9.94. The smallest absolute Gasteiger partial charge is 0.251 e. The summed E-state index contributed by atoms with van der Waals surface area (Å²) in [6.07, 6.45) is 0. The Morgan fingerprint density at radius 1 is 0.738 bits per heavy atom. The molecule has 0 aliphatic heterocycles. The number of carbonyl (C=O) groups excluding carboxylic acids is 2. The molecule has 4 aromatic rings. The van der Waals surface area contributed by atoms with Gasteiger partial charge >= 0.3 is 0 Å². The molecule has 0 aliphatic rings. The summed E-state index contributed by atoms with van der Waals surface area (Å²) in [5.74, 6) is 1.21. The molecule has 0 saturated heterocycles. The molecule has 4 rings (SSSR count). The Labute approximate surface area is 247 Å². The number of amides is 2. The van der Waals surface area contributed by atoms with Crippen LogP contribution in [0.1, 0.15) is 27.4 Å². The van der Waals surface area contributed by atoms with Crippen LogP contribution in [0.2, 0.25) is 0 Å². The molecule has 3 N–H and O–H groups in total. The molecule has 1 atom stereocenters. The molecule has 0 heterocycles. The Morgan fingerprint density at radius 2 is 1.45 bits per heavy atom. The highest BCUT2D eigenvalue weighted by atomic mass is 16.5. The second-order valence-electron chi connectivity index (χ2n) is 9.77. The third-order valence-electron chi connectivity index (χ3n) is 6.94. The van der Waals surface area contributed by atoms with Crippen LogP contribution in [0.3, 0.4) is 0 Å². The van der Waals surface area contributed by atoms with E-state index in [-0.39, 0.29) is 18.4 Å². The number of aryl methyl sites for hydroxylation is 1. The molecular weight excluding hydrogens is 530 g/mol. The van der Waals surface area contributed by atoms with E-state index in [4.69, 9.17) is 14.2 Å². The van der Waals surface area contributed by atoms with E-state index in [9.17, 15) is 9.59 Å². The van der Waals surface area contributed by atoms with Gasteiger partial charge < -0.3 is 30.2 Å². The Balaban J connectivity index is 1.48. The average molecular weight is 568 g/mol. The van der Waals surface area contributed by atoms with Crippen molar-refractivity contribution in [3.05, 3.63) is 108 Å². The maximum Gasteiger partial charge on any atom is 0.251 e. The number of hydrogen-bond donors (Lipinski definition) is 3. The molecule has 42 heavy (non-hydrogen) atoms. The Hall–Kier alpha value is -4.98. The molecule has 1 unspecified atom stereocenters. The van der Waals surface area contributed by atoms with Crippen LogP contribution in [-0.4, -0.2) is 52.8 Å². The van der Waals surface area contributed by atoms with Gasteiger partial charge in [-0.3, -0.25) is 9.59 Å². The Morgan fingerprint density at radius 3 is 2.12 bits per heavy atom. The molecule has 0 bridgehead atoms. The summed E-state index contributed by atoms with van der Waals surface area (Å²) >= 11 is 0. The fraction of sp³-hybridized carbons (Fsp3) is 0.235. The highest BCUT2D eigenvalue weighted by Crippen LogP contribution is 2.34. The predicted octanol–water partition coefficient (Wildman–Crippen LogP) is 5.43. The summed E-state index contributed by atoms with van der Waals surface area (Å²) in [6.45, 7) is 3.03. The molecule has 4 aromatic carbocycles. The third kappa shape index (κ3) is 7.81. The van der Waals surface area contributed by atoms with E-state index < -0.39 is 5.92 Å². The first-order chi connectivity index (χ1) is 20.4. The van der Waals surface area contributed by atoms with Crippen molar-refractivity contribution < 1.29 is 23.8 Å². The average Bonchev–Trinajstić information content (AvgIpc) is 3.03. The number of ether oxygens (including phenoxy) is 3. The van der Waals surface area contributed by atoms with Gasteiger partial charge in [0.2, 0.25) is 5.91 Å². The minimum atomic E-state index is -0.596. The van der Waals surface area contributed by atoms with Gasteiger partial charge in [0, 0.05) is 36.4 Å². The first kappa shape index (κ1) is 30.0. The van der Waals surface area contributed by atoms with E-state index in [1.54, 1.807) is 27.4 Å². The normalized spacial score (nSPS) is 11.2. The number of carbonyl (C=O) groups is 2. The lowest BCUT2D eigenvalue weighted by Crippen LogP contribution is -2.39. The second kappa shape index (κ2) is 14.6. The summed E-state index contributed by atoms with van der Waals surface area (Å²) in [5.41, 5.74) is 5.05. The number of anilines is 1. The van der Waals surface area contributed by atoms with Gasteiger partial charge in [0.05, 0.1) is 27.2 Å². The van der Waals surface area contributed by atoms with Crippen molar-refractivity contribution in [2.45, 2.75) is 12.8 Å². The van der Waals surface area contributed by atoms with Gasteiger partial charge in [-0.05, 0) is 72.6 Å². The first-order valence-corrected chi connectivity index (χ1v) is 13.7. The summed E-state index contributed by atoms with van der Waals surface area (Å²) in [7, 11) is 4.87. The standard InChI is InChI=1S/C34H37N3O5/c1-23-6-5-7-26(20-23)33(38)37-22-31(34(39)36-19-18-35-27-12-14-28(40-2)15-13-27)25-10-8-24(9-11-25)30-21-29(41-3)16-17-32(30)42-4/h5-17,20-21,31,35H,18-19,22H2,1-4H3,(H,36,39)(H,37,38). The molecule has 0 aliphatic carbocycles. The van der Waals surface area contributed by atoms with Gasteiger partial charge in [0.25, 0.3) is 5.91 Å². The van der Waals surface area contributed by atoms with Gasteiger partial charge in [-0.1, -0.05) is 42.0 Å². The number of nitrogens with one attached hydrogen (secondary N) is 3. The van der Waals surface area contributed by atoms with Crippen molar-refractivity contribution in [3.63, 3.8) is 0 Å². The van der Waals surface area contributed by atoms with Crippen LogP contribution >= 0.6 is 0 Å². The second-order valence-corrected chi connectivity index (χ2v) is 9.77. The van der Waals surface area contributed by atoms with Crippen LogP contribution in [0.15, 0.2) is 91.0 Å². The number of hydrogen-bond acceptors (Lipinski definition) is 6. The summed E-state index contributed by atoms with van der Waals surface area (Å²) in [6, 6.07) is 28.3. The predicted molar refractivity (Wildman–Crippen MR) is 166 cm³/mol. The highest BCUT2D eigenvalue weighted by Gasteiger charge is 2.22. The number of benzene rings is 4. The van der Waals surface area contributed by atoms with Gasteiger partial charge in [0.1, 0.15) is 17.2 Å². The monoisotopic (exact) mass is 567 g/mol. The van der Waals surface area contributed by atoms with Crippen LogP contribution in [-0.2, 0) is 4.79 Å². The van der Waals surface area contributed by atoms with Crippen LogP contribution in [0.5, 0.6) is 17.2 Å². The first-order valence-electron chi connectivity index (χ1n) is 13.7. The van der Waals surface area contributed by atoms with E-state index >= 15 is 0 Å². The van der Waals surface area contributed by atoms with Crippen LogP contribution in [0.25, 0.3) is 11.1 Å². The maximum atomic E-state index is 13.4. The van der Waals surface area contributed by atoms with Gasteiger partial charge in [-0.2, -0.15) is 0 Å².